The predicted octanol–water partition coefficient (Wildman–Crippen LogP) is 3.02. The van der Waals surface area contributed by atoms with Gasteiger partial charge in [-0.25, -0.2) is 4.39 Å². The van der Waals surface area contributed by atoms with Crippen molar-refractivity contribution in [1.82, 2.24) is 15.1 Å². The van der Waals surface area contributed by atoms with E-state index in [-0.39, 0.29) is 5.82 Å². The fourth-order valence-corrected chi connectivity index (χ4v) is 3.17. The molecule has 118 valence electrons. The molecule has 3 aromatic rings. The van der Waals surface area contributed by atoms with Crippen molar-refractivity contribution in [2.45, 2.75) is 6.54 Å². The average Bonchev–Trinajstić information content (AvgIpc) is 3.00. The third kappa shape index (κ3) is 2.92. The number of benzene rings is 2. The number of rotatable bonds is 3. The average molecular weight is 310 g/mol. The number of hydrogen-bond acceptors (Lipinski definition) is 3. The molecule has 0 spiro atoms. The Kier molecular flexibility index (Phi) is 3.71. The summed E-state index contributed by atoms with van der Waals surface area (Å²) in [6.45, 7) is 4.74. The van der Waals surface area contributed by atoms with E-state index in [9.17, 15) is 4.39 Å². The van der Waals surface area contributed by atoms with Crippen molar-refractivity contribution in [1.29, 1.82) is 0 Å². The molecule has 1 saturated heterocycles. The van der Waals surface area contributed by atoms with Crippen molar-refractivity contribution in [2.24, 2.45) is 0 Å². The van der Waals surface area contributed by atoms with Crippen LogP contribution in [0.3, 0.4) is 0 Å². The summed E-state index contributed by atoms with van der Waals surface area (Å²) in [6.07, 6.45) is 0. The summed E-state index contributed by atoms with van der Waals surface area (Å²) in [5, 5.41) is 8.75. The molecule has 0 aliphatic carbocycles. The van der Waals surface area contributed by atoms with Gasteiger partial charge in [0, 0.05) is 43.8 Å². The summed E-state index contributed by atoms with van der Waals surface area (Å²) in [6, 6.07) is 15.0. The maximum atomic E-state index is 13.0. The molecule has 5 heteroatoms. The molecule has 0 unspecified atom stereocenters. The molecular formula is C18H19FN4. The quantitative estimate of drug-likeness (QED) is 0.807. The van der Waals surface area contributed by atoms with Gasteiger partial charge in [-0.3, -0.25) is 10.00 Å². The Labute approximate surface area is 134 Å². The van der Waals surface area contributed by atoms with Crippen LogP contribution in [0.1, 0.15) is 5.69 Å². The number of nitrogens with one attached hydrogen (secondary N) is 1. The summed E-state index contributed by atoms with van der Waals surface area (Å²) in [7, 11) is 0. The first-order valence-corrected chi connectivity index (χ1v) is 7.94. The molecule has 1 fully saturated rings. The first kappa shape index (κ1) is 14.2. The van der Waals surface area contributed by atoms with Crippen LogP contribution in [0.2, 0.25) is 0 Å². The van der Waals surface area contributed by atoms with Crippen molar-refractivity contribution >= 4 is 16.6 Å². The van der Waals surface area contributed by atoms with Gasteiger partial charge in [0.1, 0.15) is 5.82 Å². The Hall–Kier alpha value is -2.40. The van der Waals surface area contributed by atoms with E-state index >= 15 is 0 Å². The number of para-hydroxylation sites is 1. The number of halogens is 1. The zero-order valence-corrected chi connectivity index (χ0v) is 12.9. The second kappa shape index (κ2) is 6.01. The minimum Gasteiger partial charge on any atom is -0.369 e. The molecule has 2 heterocycles. The molecular weight excluding hydrogens is 291 g/mol. The molecule has 0 bridgehead atoms. The van der Waals surface area contributed by atoms with Crippen LogP contribution in [-0.4, -0.2) is 41.3 Å². The third-order valence-corrected chi connectivity index (χ3v) is 4.49. The second-order valence-electron chi connectivity index (χ2n) is 5.96. The number of aromatic amines is 1. The summed E-state index contributed by atoms with van der Waals surface area (Å²) in [5.74, 6) is -0.183. The standard InChI is InChI=1S/C18H19FN4/c19-14-5-7-15(8-6-14)23-11-9-22(10-12-23)13-18-16-3-1-2-4-17(16)20-21-18/h1-8H,9-13H2,(H,20,21). The topological polar surface area (TPSA) is 35.2 Å². The fraction of sp³-hybridized carbons (Fsp3) is 0.278. The van der Waals surface area contributed by atoms with Gasteiger partial charge in [-0.2, -0.15) is 5.10 Å². The van der Waals surface area contributed by atoms with Crippen molar-refractivity contribution in [3.8, 4) is 0 Å². The molecule has 1 N–H and O–H groups in total. The van der Waals surface area contributed by atoms with Gasteiger partial charge in [0.25, 0.3) is 0 Å². The molecule has 1 aromatic heterocycles. The van der Waals surface area contributed by atoms with Gasteiger partial charge >= 0.3 is 0 Å². The van der Waals surface area contributed by atoms with E-state index < -0.39 is 0 Å². The number of aromatic nitrogens is 2. The number of fused-ring (bicyclic) bond motifs is 1. The molecule has 0 saturated carbocycles. The van der Waals surface area contributed by atoms with E-state index in [4.69, 9.17) is 0 Å². The maximum Gasteiger partial charge on any atom is 0.123 e. The lowest BCUT2D eigenvalue weighted by molar-refractivity contribution is 0.248. The van der Waals surface area contributed by atoms with Gasteiger partial charge in [0.05, 0.1) is 11.2 Å². The number of piperazine rings is 1. The van der Waals surface area contributed by atoms with Crippen LogP contribution >= 0.6 is 0 Å². The van der Waals surface area contributed by atoms with Crippen molar-refractivity contribution < 1.29 is 4.39 Å². The largest absolute Gasteiger partial charge is 0.369 e. The Morgan fingerprint density at radius 2 is 1.70 bits per heavy atom. The number of anilines is 1. The van der Waals surface area contributed by atoms with Crippen molar-refractivity contribution in [3.05, 3.63) is 60.0 Å². The SMILES string of the molecule is Fc1ccc(N2CCN(Cc3n[nH]c4ccccc34)CC2)cc1. The summed E-state index contributed by atoms with van der Waals surface area (Å²) < 4.78 is 13.0. The van der Waals surface area contributed by atoms with Gasteiger partial charge in [-0.15, -0.1) is 0 Å². The summed E-state index contributed by atoms with van der Waals surface area (Å²) >= 11 is 0. The van der Waals surface area contributed by atoms with Gasteiger partial charge in [-0.05, 0) is 30.3 Å². The normalized spacial score (nSPS) is 16.1. The van der Waals surface area contributed by atoms with Gasteiger partial charge in [0.15, 0.2) is 0 Å². The first-order valence-electron chi connectivity index (χ1n) is 7.94. The fourth-order valence-electron chi connectivity index (χ4n) is 3.17. The predicted molar refractivity (Wildman–Crippen MR) is 90.0 cm³/mol. The Morgan fingerprint density at radius 1 is 0.957 bits per heavy atom. The van der Waals surface area contributed by atoms with E-state index in [0.717, 1.165) is 49.6 Å². The highest BCUT2D eigenvalue weighted by atomic mass is 19.1. The van der Waals surface area contributed by atoms with Crippen LogP contribution in [-0.2, 0) is 6.54 Å². The van der Waals surface area contributed by atoms with Crippen LogP contribution in [0.4, 0.5) is 10.1 Å². The van der Waals surface area contributed by atoms with E-state index in [1.807, 2.05) is 24.3 Å². The minimum absolute atomic E-state index is 0.183. The highest BCUT2D eigenvalue weighted by Gasteiger charge is 2.19. The van der Waals surface area contributed by atoms with E-state index in [1.54, 1.807) is 0 Å². The molecule has 0 atom stereocenters. The third-order valence-electron chi connectivity index (χ3n) is 4.49. The molecule has 1 aliphatic heterocycles. The van der Waals surface area contributed by atoms with Crippen LogP contribution < -0.4 is 4.90 Å². The smallest absolute Gasteiger partial charge is 0.123 e. The Bertz CT molecular complexity index is 788. The molecule has 2 aromatic carbocycles. The lowest BCUT2D eigenvalue weighted by Crippen LogP contribution is -2.46. The molecule has 0 radical (unpaired) electrons. The van der Waals surface area contributed by atoms with Crippen LogP contribution in [0.15, 0.2) is 48.5 Å². The van der Waals surface area contributed by atoms with E-state index in [1.165, 1.54) is 17.5 Å². The summed E-state index contributed by atoms with van der Waals surface area (Å²) in [4.78, 5) is 4.72. The molecule has 23 heavy (non-hydrogen) atoms. The zero-order chi connectivity index (χ0) is 15.6. The second-order valence-corrected chi connectivity index (χ2v) is 5.96. The van der Waals surface area contributed by atoms with Crippen LogP contribution in [0.25, 0.3) is 10.9 Å². The lowest BCUT2D eigenvalue weighted by atomic mass is 10.2. The van der Waals surface area contributed by atoms with Crippen LogP contribution in [0.5, 0.6) is 0 Å². The molecule has 0 amide bonds. The molecule has 4 nitrogen and oxygen atoms in total. The van der Waals surface area contributed by atoms with Gasteiger partial charge in [-0.1, -0.05) is 18.2 Å². The zero-order valence-electron chi connectivity index (χ0n) is 12.9. The minimum atomic E-state index is -0.183. The number of hydrogen-bond donors (Lipinski definition) is 1. The van der Waals surface area contributed by atoms with Gasteiger partial charge in [0.2, 0.25) is 0 Å². The number of H-pyrrole nitrogens is 1. The van der Waals surface area contributed by atoms with Crippen molar-refractivity contribution in [3.63, 3.8) is 0 Å². The molecule has 4 rings (SSSR count). The Balaban J connectivity index is 1.41. The first-order chi connectivity index (χ1) is 11.3. The van der Waals surface area contributed by atoms with Crippen molar-refractivity contribution in [2.75, 3.05) is 31.1 Å². The number of nitrogens with zero attached hydrogens (tertiary/aromatic N) is 3. The summed E-state index contributed by atoms with van der Waals surface area (Å²) in [5.41, 5.74) is 3.29. The molecule has 1 aliphatic rings. The van der Waals surface area contributed by atoms with E-state index in [0.29, 0.717) is 0 Å². The van der Waals surface area contributed by atoms with Gasteiger partial charge < -0.3 is 4.90 Å². The highest BCUT2D eigenvalue weighted by molar-refractivity contribution is 5.81. The highest BCUT2D eigenvalue weighted by Crippen LogP contribution is 2.20. The lowest BCUT2D eigenvalue weighted by Gasteiger charge is -2.35. The van der Waals surface area contributed by atoms with Crippen LogP contribution in [0, 0.1) is 5.82 Å². The maximum absolute atomic E-state index is 13.0. The Morgan fingerprint density at radius 3 is 2.48 bits per heavy atom. The van der Waals surface area contributed by atoms with E-state index in [2.05, 4.69) is 32.1 Å². The monoisotopic (exact) mass is 310 g/mol.